The lowest BCUT2D eigenvalue weighted by atomic mass is 10.2. The van der Waals surface area contributed by atoms with Gasteiger partial charge in [-0.2, -0.15) is 0 Å². The Kier molecular flexibility index (Phi) is 11.1. The van der Waals surface area contributed by atoms with E-state index in [-0.39, 0.29) is 24.0 Å². The van der Waals surface area contributed by atoms with Crippen LogP contribution in [-0.4, -0.2) is 38.8 Å². The third kappa shape index (κ3) is 8.06. The lowest BCUT2D eigenvalue weighted by Crippen LogP contribution is -2.43. The Bertz CT molecular complexity index is 396. The molecule has 0 fully saturated rings. The minimum atomic E-state index is 0. The van der Waals surface area contributed by atoms with Gasteiger partial charge in [0.05, 0.1) is 13.2 Å². The minimum Gasteiger partial charge on any atom is -0.383 e. The average Bonchev–Trinajstić information content (AvgIpc) is 2.75. The second-order valence-electron chi connectivity index (χ2n) is 4.52. The van der Waals surface area contributed by atoms with E-state index in [9.17, 15) is 0 Å². The van der Waals surface area contributed by atoms with Gasteiger partial charge in [0.2, 0.25) is 0 Å². The molecule has 1 rings (SSSR count). The Labute approximate surface area is 143 Å². The van der Waals surface area contributed by atoms with Crippen LogP contribution in [0, 0.1) is 6.92 Å². The number of nitrogens with zero attached hydrogens (tertiary/aromatic N) is 1. The first kappa shape index (κ1) is 19.7. The largest absolute Gasteiger partial charge is 0.383 e. The van der Waals surface area contributed by atoms with E-state index in [0.717, 1.165) is 18.9 Å². The number of thiophene rings is 1. The summed E-state index contributed by atoms with van der Waals surface area (Å²) in [7, 11) is 1.69. The maximum Gasteiger partial charge on any atom is 0.191 e. The highest BCUT2D eigenvalue weighted by molar-refractivity contribution is 14.0. The van der Waals surface area contributed by atoms with Gasteiger partial charge in [0.25, 0.3) is 0 Å². The van der Waals surface area contributed by atoms with Crippen LogP contribution in [0.2, 0.25) is 0 Å². The van der Waals surface area contributed by atoms with Crippen molar-refractivity contribution in [1.82, 2.24) is 10.6 Å². The molecule has 1 aromatic rings. The third-order valence-corrected chi connectivity index (χ3v) is 3.62. The van der Waals surface area contributed by atoms with E-state index in [0.29, 0.717) is 19.2 Å². The van der Waals surface area contributed by atoms with Gasteiger partial charge >= 0.3 is 0 Å². The molecule has 0 amide bonds. The molecule has 0 aliphatic heterocycles. The second-order valence-corrected chi connectivity index (χ2v) is 5.89. The zero-order valence-electron chi connectivity index (χ0n) is 12.7. The van der Waals surface area contributed by atoms with Crippen molar-refractivity contribution in [3.05, 3.63) is 21.9 Å². The van der Waals surface area contributed by atoms with Crippen LogP contribution in [0.3, 0.4) is 0 Å². The molecule has 6 heteroatoms. The lowest BCUT2D eigenvalue weighted by molar-refractivity contribution is 0.208. The maximum atomic E-state index is 5.01. The van der Waals surface area contributed by atoms with Crippen LogP contribution in [0.5, 0.6) is 0 Å². The van der Waals surface area contributed by atoms with E-state index in [4.69, 9.17) is 4.74 Å². The molecular weight excluding hydrogens is 385 g/mol. The van der Waals surface area contributed by atoms with Gasteiger partial charge in [-0.3, -0.25) is 4.99 Å². The van der Waals surface area contributed by atoms with Gasteiger partial charge in [-0.25, -0.2) is 0 Å². The Balaban J connectivity index is 0.00000361. The summed E-state index contributed by atoms with van der Waals surface area (Å²) in [6, 6.07) is 4.73. The van der Waals surface area contributed by atoms with Crippen molar-refractivity contribution in [1.29, 1.82) is 0 Å². The second kappa shape index (κ2) is 11.3. The van der Waals surface area contributed by atoms with Gasteiger partial charge in [0.1, 0.15) is 0 Å². The fourth-order valence-corrected chi connectivity index (χ4v) is 2.77. The summed E-state index contributed by atoms with van der Waals surface area (Å²) in [4.78, 5) is 7.23. The number of hydrogen-bond acceptors (Lipinski definition) is 3. The van der Waals surface area contributed by atoms with Crippen molar-refractivity contribution in [2.24, 2.45) is 4.99 Å². The molecular formula is C14H26IN3OS. The molecule has 4 nitrogen and oxygen atoms in total. The zero-order valence-corrected chi connectivity index (χ0v) is 15.9. The van der Waals surface area contributed by atoms with Crippen LogP contribution < -0.4 is 10.6 Å². The fourth-order valence-electron chi connectivity index (χ4n) is 1.75. The van der Waals surface area contributed by atoms with E-state index >= 15 is 0 Å². The Morgan fingerprint density at radius 1 is 1.45 bits per heavy atom. The van der Waals surface area contributed by atoms with Crippen LogP contribution in [0.15, 0.2) is 17.1 Å². The molecule has 1 aromatic heterocycles. The molecule has 116 valence electrons. The van der Waals surface area contributed by atoms with Crippen LogP contribution in [0.25, 0.3) is 0 Å². The summed E-state index contributed by atoms with van der Waals surface area (Å²) in [5.41, 5.74) is 0. The molecule has 0 bridgehead atoms. The standard InChI is InChI=1S/C14H25N3OS.HI/c1-5-15-14(16-8-9-18-4)17-11(2)10-13-7-6-12(3)19-13;/h6-7,11H,5,8-10H2,1-4H3,(H2,15,16,17);1H. The van der Waals surface area contributed by atoms with Crippen LogP contribution in [-0.2, 0) is 11.2 Å². The maximum absolute atomic E-state index is 5.01. The van der Waals surface area contributed by atoms with Gasteiger partial charge in [0.15, 0.2) is 5.96 Å². The van der Waals surface area contributed by atoms with Crippen molar-refractivity contribution >= 4 is 41.3 Å². The van der Waals surface area contributed by atoms with Gasteiger partial charge < -0.3 is 15.4 Å². The summed E-state index contributed by atoms with van der Waals surface area (Å²) >= 11 is 1.86. The van der Waals surface area contributed by atoms with Gasteiger partial charge in [-0.1, -0.05) is 0 Å². The monoisotopic (exact) mass is 411 g/mol. The first-order valence-electron chi connectivity index (χ1n) is 6.74. The molecule has 0 saturated heterocycles. The summed E-state index contributed by atoms with van der Waals surface area (Å²) in [5.74, 6) is 0.861. The molecule has 1 atom stereocenters. The Hall–Kier alpha value is -0.340. The van der Waals surface area contributed by atoms with Crippen LogP contribution in [0.4, 0.5) is 0 Å². The molecule has 0 radical (unpaired) electrons. The number of aliphatic imine (C=N–C) groups is 1. The van der Waals surface area contributed by atoms with Crippen LogP contribution in [0.1, 0.15) is 23.6 Å². The summed E-state index contributed by atoms with van der Waals surface area (Å²) in [5, 5.41) is 6.67. The average molecular weight is 411 g/mol. The molecule has 2 N–H and O–H groups in total. The molecule has 0 spiro atoms. The molecule has 1 unspecified atom stereocenters. The highest BCUT2D eigenvalue weighted by Crippen LogP contribution is 2.16. The quantitative estimate of drug-likeness (QED) is 0.314. The molecule has 1 heterocycles. The van der Waals surface area contributed by atoms with Crippen molar-refractivity contribution in [3.8, 4) is 0 Å². The zero-order chi connectivity index (χ0) is 14.1. The first-order valence-corrected chi connectivity index (χ1v) is 7.56. The van der Waals surface area contributed by atoms with Gasteiger partial charge in [-0.15, -0.1) is 35.3 Å². The summed E-state index contributed by atoms with van der Waals surface area (Å²) < 4.78 is 5.01. The lowest BCUT2D eigenvalue weighted by Gasteiger charge is -2.17. The Morgan fingerprint density at radius 3 is 2.75 bits per heavy atom. The number of guanidine groups is 1. The van der Waals surface area contributed by atoms with E-state index in [1.165, 1.54) is 9.75 Å². The van der Waals surface area contributed by atoms with Crippen LogP contribution >= 0.6 is 35.3 Å². The third-order valence-electron chi connectivity index (χ3n) is 2.60. The fraction of sp³-hybridized carbons (Fsp3) is 0.643. The normalized spacial score (nSPS) is 12.7. The highest BCUT2D eigenvalue weighted by atomic mass is 127. The summed E-state index contributed by atoms with van der Waals surface area (Å²) in [6.45, 7) is 8.58. The predicted molar refractivity (Wildman–Crippen MR) is 98.6 cm³/mol. The molecule has 0 aromatic carbocycles. The minimum absolute atomic E-state index is 0. The number of ether oxygens (including phenoxy) is 1. The predicted octanol–water partition coefficient (Wildman–Crippen LogP) is 2.81. The van der Waals surface area contributed by atoms with E-state index < -0.39 is 0 Å². The van der Waals surface area contributed by atoms with Gasteiger partial charge in [0, 0.05) is 35.9 Å². The summed E-state index contributed by atoms with van der Waals surface area (Å²) in [6.07, 6.45) is 1.02. The number of nitrogens with one attached hydrogen (secondary N) is 2. The number of hydrogen-bond donors (Lipinski definition) is 2. The number of rotatable bonds is 7. The van der Waals surface area contributed by atoms with Gasteiger partial charge in [-0.05, 0) is 32.9 Å². The number of methoxy groups -OCH3 is 1. The molecule has 0 saturated carbocycles. The number of halogens is 1. The smallest absolute Gasteiger partial charge is 0.191 e. The molecule has 0 aliphatic rings. The van der Waals surface area contributed by atoms with E-state index in [1.54, 1.807) is 7.11 Å². The highest BCUT2D eigenvalue weighted by Gasteiger charge is 2.07. The SMILES string of the molecule is CCNC(=NCCOC)NC(C)Cc1ccc(C)s1.I. The van der Waals surface area contributed by atoms with Crippen molar-refractivity contribution in [3.63, 3.8) is 0 Å². The van der Waals surface area contributed by atoms with Crippen molar-refractivity contribution < 1.29 is 4.74 Å². The number of aryl methyl sites for hydroxylation is 1. The molecule has 0 aliphatic carbocycles. The molecule has 20 heavy (non-hydrogen) atoms. The Morgan fingerprint density at radius 2 is 2.20 bits per heavy atom. The van der Waals surface area contributed by atoms with Crippen molar-refractivity contribution in [2.45, 2.75) is 33.2 Å². The van der Waals surface area contributed by atoms with E-state index in [1.807, 2.05) is 11.3 Å². The van der Waals surface area contributed by atoms with Crippen molar-refractivity contribution in [2.75, 3.05) is 26.8 Å². The first-order chi connectivity index (χ1) is 9.15. The van der Waals surface area contributed by atoms with E-state index in [2.05, 4.69) is 48.5 Å². The topological polar surface area (TPSA) is 45.7 Å².